The number of carbonyl (C=O) groups excluding carboxylic acids is 1. The number of rotatable bonds is 10. The number of benzene rings is 2. The molecular formula is C26H32N4O3S. The minimum atomic E-state index is -0.321. The molecule has 8 heteroatoms. The summed E-state index contributed by atoms with van der Waals surface area (Å²) in [7, 11) is 3.46. The van der Waals surface area contributed by atoms with E-state index in [0.29, 0.717) is 12.1 Å². The minimum absolute atomic E-state index is 0.212. The molecule has 2 aromatic carbocycles. The third-order valence-electron chi connectivity index (χ3n) is 6.06. The summed E-state index contributed by atoms with van der Waals surface area (Å²) in [4.78, 5) is 13.9. The van der Waals surface area contributed by atoms with Gasteiger partial charge in [-0.15, -0.1) is 10.2 Å². The molecule has 1 unspecified atom stereocenters. The smallest absolute Gasteiger partial charge is 0.337 e. The number of aryl methyl sites for hydroxylation is 1. The molecule has 0 aliphatic carbocycles. The van der Waals surface area contributed by atoms with Crippen LogP contribution in [0.2, 0.25) is 0 Å². The van der Waals surface area contributed by atoms with Crippen molar-refractivity contribution in [1.82, 2.24) is 19.7 Å². The Morgan fingerprint density at radius 3 is 2.68 bits per heavy atom. The second-order valence-corrected chi connectivity index (χ2v) is 9.66. The number of esters is 1. The van der Waals surface area contributed by atoms with Crippen LogP contribution in [0.15, 0.2) is 53.7 Å². The molecule has 1 saturated heterocycles. The molecule has 4 rings (SSSR count). The van der Waals surface area contributed by atoms with Crippen molar-refractivity contribution in [2.45, 2.75) is 56.4 Å². The van der Waals surface area contributed by atoms with Gasteiger partial charge in [0.2, 0.25) is 0 Å². The summed E-state index contributed by atoms with van der Waals surface area (Å²) in [5, 5.41) is 10.0. The summed E-state index contributed by atoms with van der Waals surface area (Å²) in [6.45, 7) is 5.16. The Morgan fingerprint density at radius 2 is 1.97 bits per heavy atom. The first kappa shape index (κ1) is 24.4. The van der Waals surface area contributed by atoms with Crippen molar-refractivity contribution in [3.8, 4) is 0 Å². The maximum absolute atomic E-state index is 11.7. The molecule has 34 heavy (non-hydrogen) atoms. The number of hydrogen-bond donors (Lipinski definition) is 0. The van der Waals surface area contributed by atoms with Crippen LogP contribution < -0.4 is 0 Å². The normalized spacial score (nSPS) is 15.7. The van der Waals surface area contributed by atoms with Crippen LogP contribution >= 0.6 is 11.8 Å². The van der Waals surface area contributed by atoms with Gasteiger partial charge in [0.25, 0.3) is 0 Å². The molecule has 0 radical (unpaired) electrons. The van der Waals surface area contributed by atoms with E-state index in [0.717, 1.165) is 54.8 Å². The second kappa shape index (κ2) is 11.6. The maximum atomic E-state index is 11.7. The highest BCUT2D eigenvalue weighted by Gasteiger charge is 2.22. The number of nitrogens with zero attached hydrogens (tertiary/aromatic N) is 4. The molecule has 7 nitrogen and oxygen atoms in total. The van der Waals surface area contributed by atoms with Gasteiger partial charge < -0.3 is 14.0 Å². The Balaban J connectivity index is 1.45. The van der Waals surface area contributed by atoms with E-state index in [2.05, 4.69) is 57.9 Å². The van der Waals surface area contributed by atoms with Gasteiger partial charge >= 0.3 is 5.97 Å². The summed E-state index contributed by atoms with van der Waals surface area (Å²) in [5.74, 6) is 1.48. The van der Waals surface area contributed by atoms with Crippen molar-refractivity contribution >= 4 is 17.7 Å². The fourth-order valence-electron chi connectivity index (χ4n) is 4.11. The Kier molecular flexibility index (Phi) is 8.37. The van der Waals surface area contributed by atoms with Crippen molar-refractivity contribution in [1.29, 1.82) is 0 Å². The average Bonchev–Trinajstić information content (AvgIpc) is 3.49. The number of hydrogen-bond acceptors (Lipinski definition) is 7. The lowest BCUT2D eigenvalue weighted by atomic mass is 10.1. The Morgan fingerprint density at radius 1 is 1.18 bits per heavy atom. The van der Waals surface area contributed by atoms with Gasteiger partial charge in [0.05, 0.1) is 31.9 Å². The monoisotopic (exact) mass is 480 g/mol. The highest BCUT2D eigenvalue weighted by molar-refractivity contribution is 7.98. The molecule has 0 amide bonds. The average molecular weight is 481 g/mol. The van der Waals surface area contributed by atoms with Crippen LogP contribution in [-0.4, -0.2) is 52.5 Å². The zero-order chi connectivity index (χ0) is 23.9. The SMILES string of the molecule is COC(=O)c1ccc(CN(C)Cc2nnc(SCc3ccccc3C)n2CC2CCCO2)cc1. The molecule has 3 aromatic rings. The van der Waals surface area contributed by atoms with E-state index in [1.807, 2.05) is 12.1 Å². The molecule has 0 saturated carbocycles. The maximum Gasteiger partial charge on any atom is 0.337 e. The predicted molar refractivity (Wildman–Crippen MR) is 133 cm³/mol. The van der Waals surface area contributed by atoms with E-state index >= 15 is 0 Å². The molecular weight excluding hydrogens is 448 g/mol. The second-order valence-electron chi connectivity index (χ2n) is 8.72. The van der Waals surface area contributed by atoms with Gasteiger partial charge in [-0.2, -0.15) is 0 Å². The van der Waals surface area contributed by atoms with Crippen molar-refractivity contribution < 1.29 is 14.3 Å². The molecule has 0 bridgehead atoms. The Hall–Kier alpha value is -2.68. The van der Waals surface area contributed by atoms with Crippen LogP contribution in [0.25, 0.3) is 0 Å². The zero-order valence-electron chi connectivity index (χ0n) is 20.1. The largest absolute Gasteiger partial charge is 0.465 e. The molecule has 0 spiro atoms. The van der Waals surface area contributed by atoms with Crippen LogP contribution in [0.4, 0.5) is 0 Å². The lowest BCUT2D eigenvalue weighted by Gasteiger charge is -2.19. The van der Waals surface area contributed by atoms with Gasteiger partial charge in [-0.05, 0) is 55.6 Å². The summed E-state index contributed by atoms with van der Waals surface area (Å²) in [5.41, 5.74) is 4.28. The van der Waals surface area contributed by atoms with Gasteiger partial charge in [0.15, 0.2) is 5.16 Å². The van der Waals surface area contributed by atoms with Gasteiger partial charge in [-0.1, -0.05) is 48.2 Å². The minimum Gasteiger partial charge on any atom is -0.465 e. The van der Waals surface area contributed by atoms with Crippen LogP contribution in [0, 0.1) is 6.92 Å². The lowest BCUT2D eigenvalue weighted by Crippen LogP contribution is -2.23. The van der Waals surface area contributed by atoms with Crippen LogP contribution in [0.5, 0.6) is 0 Å². The topological polar surface area (TPSA) is 69.5 Å². The molecule has 1 aliphatic heterocycles. The predicted octanol–water partition coefficient (Wildman–Crippen LogP) is 4.48. The van der Waals surface area contributed by atoms with Crippen molar-refractivity contribution in [2.75, 3.05) is 20.8 Å². The van der Waals surface area contributed by atoms with E-state index < -0.39 is 0 Å². The molecule has 0 N–H and O–H groups in total. The Bertz CT molecular complexity index is 1090. The highest BCUT2D eigenvalue weighted by Crippen LogP contribution is 2.26. The zero-order valence-corrected chi connectivity index (χ0v) is 20.9. The standard InChI is InChI=1S/C26H32N4O3S/c1-19-7-4-5-8-22(19)18-34-26-28-27-24(30(26)16-23-9-6-14-33-23)17-29(2)15-20-10-12-21(13-11-20)25(31)32-3/h4-5,7-8,10-13,23H,6,9,14-18H2,1-3H3. The summed E-state index contributed by atoms with van der Waals surface area (Å²) in [6, 6.07) is 16.0. The number of ether oxygens (including phenoxy) is 2. The van der Waals surface area contributed by atoms with Gasteiger partial charge in [-0.25, -0.2) is 4.79 Å². The van der Waals surface area contributed by atoms with E-state index in [1.54, 1.807) is 23.9 Å². The Labute approximate surface area is 205 Å². The third-order valence-corrected chi connectivity index (χ3v) is 7.08. The molecule has 2 heterocycles. The number of methoxy groups -OCH3 is 1. The van der Waals surface area contributed by atoms with Crippen molar-refractivity contribution in [3.63, 3.8) is 0 Å². The van der Waals surface area contributed by atoms with E-state index in [-0.39, 0.29) is 12.1 Å². The third kappa shape index (κ3) is 6.25. The van der Waals surface area contributed by atoms with Crippen LogP contribution in [-0.2, 0) is 34.9 Å². The summed E-state index contributed by atoms with van der Waals surface area (Å²) < 4.78 is 12.9. The number of carbonyl (C=O) groups is 1. The molecule has 180 valence electrons. The first-order valence-corrected chi connectivity index (χ1v) is 12.6. The fraction of sp³-hybridized carbons (Fsp3) is 0.423. The van der Waals surface area contributed by atoms with Gasteiger partial charge in [-0.3, -0.25) is 4.90 Å². The molecule has 1 aromatic heterocycles. The first-order valence-electron chi connectivity index (χ1n) is 11.6. The van der Waals surface area contributed by atoms with E-state index in [4.69, 9.17) is 9.47 Å². The van der Waals surface area contributed by atoms with Gasteiger partial charge in [0.1, 0.15) is 5.82 Å². The van der Waals surface area contributed by atoms with Crippen molar-refractivity contribution in [3.05, 3.63) is 76.6 Å². The number of aromatic nitrogens is 3. The first-order chi connectivity index (χ1) is 16.5. The summed E-state index contributed by atoms with van der Waals surface area (Å²) >= 11 is 1.73. The van der Waals surface area contributed by atoms with Crippen LogP contribution in [0.3, 0.4) is 0 Å². The fourth-order valence-corrected chi connectivity index (χ4v) is 5.15. The quantitative estimate of drug-likeness (QED) is 0.313. The molecule has 1 aliphatic rings. The highest BCUT2D eigenvalue weighted by atomic mass is 32.2. The van der Waals surface area contributed by atoms with E-state index in [1.165, 1.54) is 18.2 Å². The van der Waals surface area contributed by atoms with Crippen LogP contribution in [0.1, 0.15) is 45.7 Å². The van der Waals surface area contributed by atoms with Gasteiger partial charge in [0, 0.05) is 18.9 Å². The molecule has 1 atom stereocenters. The lowest BCUT2D eigenvalue weighted by molar-refractivity contribution is 0.0600. The number of thioether (sulfide) groups is 1. The molecule has 1 fully saturated rings. The summed E-state index contributed by atoms with van der Waals surface area (Å²) in [6.07, 6.45) is 2.39. The van der Waals surface area contributed by atoms with E-state index in [9.17, 15) is 4.79 Å². The van der Waals surface area contributed by atoms with Crippen molar-refractivity contribution in [2.24, 2.45) is 0 Å².